The summed E-state index contributed by atoms with van der Waals surface area (Å²) in [4.78, 5) is 39.2. The summed E-state index contributed by atoms with van der Waals surface area (Å²) in [6.45, 7) is 4.23. The molecule has 7 heteroatoms. The van der Waals surface area contributed by atoms with Crippen molar-refractivity contribution in [3.63, 3.8) is 0 Å². The Bertz CT molecular complexity index is 659. The Morgan fingerprint density at radius 2 is 1.85 bits per heavy atom. The van der Waals surface area contributed by atoms with Crippen molar-refractivity contribution in [2.24, 2.45) is 11.8 Å². The molecule has 1 aliphatic carbocycles. The topological polar surface area (TPSA) is 69.6 Å². The summed E-state index contributed by atoms with van der Waals surface area (Å²) in [7, 11) is 3.91. The van der Waals surface area contributed by atoms with E-state index in [0.29, 0.717) is 26.2 Å². The Balaban J connectivity index is 1.74. The van der Waals surface area contributed by atoms with Crippen molar-refractivity contribution < 1.29 is 9.59 Å². The van der Waals surface area contributed by atoms with E-state index >= 15 is 0 Å². The maximum Gasteiger partial charge on any atom is 0.225 e. The Kier molecular flexibility index (Phi) is 5.74. The molecule has 2 heterocycles. The zero-order valence-corrected chi connectivity index (χ0v) is 16.0. The molecule has 0 N–H and O–H groups in total. The number of hydrogen-bond acceptors (Lipinski definition) is 5. The van der Waals surface area contributed by atoms with E-state index in [4.69, 9.17) is 0 Å². The molecule has 7 nitrogen and oxygen atoms in total. The molecule has 142 valence electrons. The fourth-order valence-corrected chi connectivity index (χ4v) is 3.67. The molecule has 0 aromatic carbocycles. The summed E-state index contributed by atoms with van der Waals surface area (Å²) < 4.78 is 0. The predicted molar refractivity (Wildman–Crippen MR) is 99.7 cm³/mol. The predicted octanol–water partition coefficient (Wildman–Crippen LogP) is 1.19. The highest BCUT2D eigenvalue weighted by Crippen LogP contribution is 2.29. The zero-order valence-electron chi connectivity index (χ0n) is 16.0. The Morgan fingerprint density at radius 3 is 2.46 bits per heavy atom. The highest BCUT2D eigenvalue weighted by Gasteiger charge is 2.33. The molecule has 2 aliphatic rings. The molecule has 2 fully saturated rings. The largest absolute Gasteiger partial charge is 0.363 e. The van der Waals surface area contributed by atoms with Gasteiger partial charge in [0.05, 0.1) is 0 Å². The fourth-order valence-electron chi connectivity index (χ4n) is 3.67. The lowest BCUT2D eigenvalue weighted by atomic mass is 9.84. The van der Waals surface area contributed by atoms with E-state index in [1.54, 1.807) is 13.3 Å². The van der Waals surface area contributed by atoms with Gasteiger partial charge in [-0.15, -0.1) is 0 Å². The second-order valence-corrected chi connectivity index (χ2v) is 7.71. The summed E-state index contributed by atoms with van der Waals surface area (Å²) in [6, 6.07) is 1.99. The van der Waals surface area contributed by atoms with E-state index in [-0.39, 0.29) is 23.7 Å². The molecule has 26 heavy (non-hydrogen) atoms. The van der Waals surface area contributed by atoms with E-state index < -0.39 is 0 Å². The summed E-state index contributed by atoms with van der Waals surface area (Å²) >= 11 is 0. The second kappa shape index (κ2) is 8.01. The number of amides is 2. The van der Waals surface area contributed by atoms with Gasteiger partial charge >= 0.3 is 0 Å². The van der Waals surface area contributed by atoms with E-state index in [2.05, 4.69) is 9.97 Å². The summed E-state index contributed by atoms with van der Waals surface area (Å²) in [5.74, 6) is 1.59. The third kappa shape index (κ3) is 4.31. The van der Waals surface area contributed by atoms with Crippen molar-refractivity contribution in [3.05, 3.63) is 18.1 Å². The van der Waals surface area contributed by atoms with Crippen molar-refractivity contribution >= 4 is 17.6 Å². The SMILES string of the molecule is CC(=O)N1CCN(C(=O)C2CCC2)C[C@H](Cc2cc(N(C)C)ncn2)C1. The summed E-state index contributed by atoms with van der Waals surface area (Å²) in [5, 5.41) is 0. The van der Waals surface area contributed by atoms with Gasteiger partial charge in [-0.2, -0.15) is 0 Å². The summed E-state index contributed by atoms with van der Waals surface area (Å²) in [5.41, 5.74) is 0.954. The smallest absolute Gasteiger partial charge is 0.225 e. The first-order chi connectivity index (χ1) is 12.4. The number of nitrogens with zero attached hydrogens (tertiary/aromatic N) is 5. The van der Waals surface area contributed by atoms with Gasteiger partial charge in [0.25, 0.3) is 0 Å². The molecule has 0 radical (unpaired) electrons. The lowest BCUT2D eigenvalue weighted by Gasteiger charge is -2.32. The second-order valence-electron chi connectivity index (χ2n) is 7.71. The average Bonchev–Trinajstić information content (AvgIpc) is 2.76. The molecular formula is C19H29N5O2. The monoisotopic (exact) mass is 359 g/mol. The molecule has 1 aromatic heterocycles. The Labute approximate surface area is 155 Å². The highest BCUT2D eigenvalue weighted by atomic mass is 16.2. The van der Waals surface area contributed by atoms with Crippen molar-refractivity contribution in [1.82, 2.24) is 19.8 Å². The van der Waals surface area contributed by atoms with Crippen LogP contribution in [-0.4, -0.2) is 71.9 Å². The Hall–Kier alpha value is -2.18. The van der Waals surface area contributed by atoms with E-state index in [1.807, 2.05) is 34.9 Å². The molecule has 1 aliphatic heterocycles. The van der Waals surface area contributed by atoms with Crippen LogP contribution in [0.3, 0.4) is 0 Å². The molecule has 0 spiro atoms. The van der Waals surface area contributed by atoms with Gasteiger partial charge in [0.2, 0.25) is 11.8 Å². The normalized spacial score (nSPS) is 21.1. The quantitative estimate of drug-likeness (QED) is 0.808. The molecule has 1 atom stereocenters. The number of rotatable bonds is 4. The maximum absolute atomic E-state index is 12.7. The summed E-state index contributed by atoms with van der Waals surface area (Å²) in [6.07, 6.45) is 5.49. The van der Waals surface area contributed by atoms with Gasteiger partial charge in [0.15, 0.2) is 0 Å². The number of carbonyl (C=O) groups excluding carboxylic acids is 2. The van der Waals surface area contributed by atoms with Gasteiger partial charge in [0.1, 0.15) is 12.1 Å². The first kappa shape index (κ1) is 18.6. The van der Waals surface area contributed by atoms with E-state index in [1.165, 1.54) is 0 Å². The minimum absolute atomic E-state index is 0.0737. The molecule has 1 saturated carbocycles. The standard InChI is InChI=1S/C19H29N5O2/c1-14(25)23-7-8-24(19(26)16-5-4-6-16)12-15(11-23)9-17-10-18(22(2)3)21-13-20-17/h10,13,15-16H,4-9,11-12H2,1-3H3/t15-/m1/s1. The van der Waals surface area contributed by atoms with Gasteiger partial charge in [0, 0.05) is 64.9 Å². The van der Waals surface area contributed by atoms with Gasteiger partial charge in [-0.1, -0.05) is 6.42 Å². The van der Waals surface area contributed by atoms with Gasteiger partial charge in [-0.25, -0.2) is 9.97 Å². The van der Waals surface area contributed by atoms with Gasteiger partial charge in [-0.3, -0.25) is 9.59 Å². The van der Waals surface area contributed by atoms with Crippen LogP contribution in [0.5, 0.6) is 0 Å². The van der Waals surface area contributed by atoms with Gasteiger partial charge in [-0.05, 0) is 25.2 Å². The minimum atomic E-state index is 0.0737. The third-order valence-corrected chi connectivity index (χ3v) is 5.47. The number of carbonyl (C=O) groups is 2. The van der Waals surface area contributed by atoms with Crippen molar-refractivity contribution in [1.29, 1.82) is 0 Å². The fraction of sp³-hybridized carbons (Fsp3) is 0.684. The average molecular weight is 359 g/mol. The molecule has 1 saturated heterocycles. The van der Waals surface area contributed by atoms with Crippen LogP contribution in [0.25, 0.3) is 0 Å². The third-order valence-electron chi connectivity index (χ3n) is 5.47. The van der Waals surface area contributed by atoms with Crippen molar-refractivity contribution in [3.8, 4) is 0 Å². The van der Waals surface area contributed by atoms with Crippen LogP contribution in [0.1, 0.15) is 31.9 Å². The molecular weight excluding hydrogens is 330 g/mol. The van der Waals surface area contributed by atoms with Crippen LogP contribution in [-0.2, 0) is 16.0 Å². The molecule has 0 bridgehead atoms. The number of aromatic nitrogens is 2. The van der Waals surface area contributed by atoms with Crippen LogP contribution >= 0.6 is 0 Å². The zero-order chi connectivity index (χ0) is 18.7. The van der Waals surface area contributed by atoms with Crippen LogP contribution < -0.4 is 4.90 Å². The van der Waals surface area contributed by atoms with Crippen molar-refractivity contribution in [2.45, 2.75) is 32.6 Å². The first-order valence-corrected chi connectivity index (χ1v) is 9.46. The molecule has 0 unspecified atom stereocenters. The maximum atomic E-state index is 12.7. The van der Waals surface area contributed by atoms with Crippen LogP contribution in [0.15, 0.2) is 12.4 Å². The Morgan fingerprint density at radius 1 is 1.15 bits per heavy atom. The lowest BCUT2D eigenvalue weighted by molar-refractivity contribution is -0.138. The lowest BCUT2D eigenvalue weighted by Crippen LogP contribution is -2.42. The molecule has 2 amide bonds. The van der Waals surface area contributed by atoms with Crippen LogP contribution in [0.4, 0.5) is 5.82 Å². The van der Waals surface area contributed by atoms with Crippen LogP contribution in [0, 0.1) is 11.8 Å². The number of anilines is 1. The highest BCUT2D eigenvalue weighted by molar-refractivity contribution is 5.80. The first-order valence-electron chi connectivity index (χ1n) is 9.46. The van der Waals surface area contributed by atoms with Crippen molar-refractivity contribution in [2.75, 3.05) is 45.2 Å². The van der Waals surface area contributed by atoms with Gasteiger partial charge < -0.3 is 14.7 Å². The molecule has 3 rings (SSSR count). The van der Waals surface area contributed by atoms with E-state index in [0.717, 1.165) is 37.2 Å². The van der Waals surface area contributed by atoms with Crippen LogP contribution in [0.2, 0.25) is 0 Å². The minimum Gasteiger partial charge on any atom is -0.363 e. The van der Waals surface area contributed by atoms with E-state index in [9.17, 15) is 9.59 Å². The molecule has 1 aromatic rings. The number of hydrogen-bond donors (Lipinski definition) is 0.